The van der Waals surface area contributed by atoms with Gasteiger partial charge in [-0.2, -0.15) is 0 Å². The number of aromatic nitrogens is 2. The van der Waals surface area contributed by atoms with Crippen molar-refractivity contribution in [1.82, 2.24) is 14.9 Å². The Morgan fingerprint density at radius 1 is 1.08 bits per heavy atom. The van der Waals surface area contributed by atoms with Crippen LogP contribution in [0.25, 0.3) is 11.0 Å². The molecule has 1 aliphatic carbocycles. The van der Waals surface area contributed by atoms with Crippen molar-refractivity contribution in [2.45, 2.75) is 37.1 Å². The fourth-order valence-corrected chi connectivity index (χ4v) is 3.89. The Hall–Kier alpha value is -2.21. The van der Waals surface area contributed by atoms with Gasteiger partial charge in [-0.15, -0.1) is 0 Å². The van der Waals surface area contributed by atoms with Crippen molar-refractivity contribution in [2.75, 3.05) is 0 Å². The molecule has 3 N–H and O–H groups in total. The molecule has 5 nitrogen and oxygen atoms in total. The van der Waals surface area contributed by atoms with Gasteiger partial charge in [0.2, 0.25) is 0 Å². The van der Waals surface area contributed by atoms with Crippen LogP contribution in [0, 0.1) is 0 Å². The summed E-state index contributed by atoms with van der Waals surface area (Å²) in [7, 11) is 2.00. The third-order valence-electron chi connectivity index (χ3n) is 5.29. The van der Waals surface area contributed by atoms with E-state index < -0.39 is 12.2 Å². The van der Waals surface area contributed by atoms with Crippen LogP contribution in [0.15, 0.2) is 54.6 Å². The average Bonchev–Trinajstić information content (AvgIpc) is 3.12. The lowest BCUT2D eigenvalue weighted by atomic mass is 9.93. The van der Waals surface area contributed by atoms with Gasteiger partial charge in [-0.25, -0.2) is 4.98 Å². The summed E-state index contributed by atoms with van der Waals surface area (Å²) in [6.07, 6.45) is -0.922. The molecule has 2 aromatic carbocycles. The number of benzene rings is 2. The predicted molar refractivity (Wildman–Crippen MR) is 97.2 cm³/mol. The molecule has 0 amide bonds. The first kappa shape index (κ1) is 16.3. The Balaban J connectivity index is 1.56. The number of nitrogens with one attached hydrogen (secondary N) is 1. The van der Waals surface area contributed by atoms with E-state index in [1.54, 1.807) is 0 Å². The van der Waals surface area contributed by atoms with Gasteiger partial charge < -0.3 is 20.1 Å². The second-order valence-electron chi connectivity index (χ2n) is 6.79. The molecule has 1 heterocycles. The summed E-state index contributed by atoms with van der Waals surface area (Å²) in [6.45, 7) is 0.545. The van der Waals surface area contributed by atoms with Crippen LogP contribution >= 0.6 is 0 Å². The number of imidazole rings is 1. The maximum Gasteiger partial charge on any atom is 0.123 e. The van der Waals surface area contributed by atoms with E-state index in [9.17, 15) is 10.2 Å². The molecule has 0 aliphatic heterocycles. The van der Waals surface area contributed by atoms with E-state index in [0.29, 0.717) is 13.0 Å². The van der Waals surface area contributed by atoms with Gasteiger partial charge in [-0.05, 0) is 24.1 Å². The van der Waals surface area contributed by atoms with Gasteiger partial charge in [0, 0.05) is 19.0 Å². The molecule has 1 aliphatic rings. The molecule has 5 heteroatoms. The highest BCUT2D eigenvalue weighted by Crippen LogP contribution is 2.35. The molecule has 4 unspecified atom stereocenters. The molecule has 1 fully saturated rings. The molecule has 4 rings (SSSR count). The smallest absolute Gasteiger partial charge is 0.123 e. The molecular weight excluding hydrogens is 314 g/mol. The van der Waals surface area contributed by atoms with E-state index in [2.05, 4.69) is 27.0 Å². The number of aryl methyl sites for hydroxylation is 1. The number of para-hydroxylation sites is 2. The van der Waals surface area contributed by atoms with Crippen LogP contribution in [0.3, 0.4) is 0 Å². The molecule has 25 heavy (non-hydrogen) atoms. The molecule has 0 saturated heterocycles. The Morgan fingerprint density at radius 2 is 1.80 bits per heavy atom. The zero-order chi connectivity index (χ0) is 17.4. The number of rotatable bonds is 4. The normalized spacial score (nSPS) is 26.4. The predicted octanol–water partition coefficient (Wildman–Crippen LogP) is 1.94. The maximum absolute atomic E-state index is 10.4. The fraction of sp³-hybridized carbons (Fsp3) is 0.350. The number of fused-ring (bicyclic) bond motifs is 1. The summed E-state index contributed by atoms with van der Waals surface area (Å²) in [4.78, 5) is 4.67. The Labute approximate surface area is 146 Å². The molecule has 0 bridgehead atoms. The average molecular weight is 337 g/mol. The van der Waals surface area contributed by atoms with Gasteiger partial charge >= 0.3 is 0 Å². The van der Waals surface area contributed by atoms with Crippen molar-refractivity contribution in [2.24, 2.45) is 7.05 Å². The van der Waals surface area contributed by atoms with Crippen molar-refractivity contribution >= 4 is 11.0 Å². The molecule has 0 radical (unpaired) electrons. The highest BCUT2D eigenvalue weighted by molar-refractivity contribution is 5.75. The molecular formula is C20H23N3O2. The lowest BCUT2D eigenvalue weighted by Crippen LogP contribution is -2.42. The topological polar surface area (TPSA) is 70.3 Å². The third-order valence-corrected chi connectivity index (χ3v) is 5.29. The molecule has 130 valence electrons. The maximum atomic E-state index is 10.4. The first-order valence-electron chi connectivity index (χ1n) is 8.70. The quantitative estimate of drug-likeness (QED) is 0.680. The second-order valence-corrected chi connectivity index (χ2v) is 6.79. The highest BCUT2D eigenvalue weighted by Gasteiger charge is 2.42. The van der Waals surface area contributed by atoms with Gasteiger partial charge in [0.1, 0.15) is 5.82 Å². The summed E-state index contributed by atoms with van der Waals surface area (Å²) in [6, 6.07) is 17.9. The number of aliphatic hydroxyl groups excluding tert-OH is 2. The van der Waals surface area contributed by atoms with E-state index in [0.717, 1.165) is 22.4 Å². The minimum absolute atomic E-state index is 0.0842. The minimum Gasteiger partial charge on any atom is -0.390 e. The molecule has 3 aromatic rings. The Bertz CT molecular complexity index is 862. The van der Waals surface area contributed by atoms with Crippen molar-refractivity contribution in [3.63, 3.8) is 0 Å². The fourth-order valence-electron chi connectivity index (χ4n) is 3.89. The minimum atomic E-state index is -0.778. The van der Waals surface area contributed by atoms with E-state index in [1.165, 1.54) is 0 Å². The SMILES string of the molecule is Cn1c(CNC2C(c3ccccc3)CC(O)C2O)nc2ccccc21. The van der Waals surface area contributed by atoms with Crippen molar-refractivity contribution < 1.29 is 10.2 Å². The Morgan fingerprint density at radius 3 is 2.56 bits per heavy atom. The van der Waals surface area contributed by atoms with E-state index >= 15 is 0 Å². The number of aliphatic hydroxyl groups is 2. The van der Waals surface area contributed by atoms with Gasteiger partial charge in [0.25, 0.3) is 0 Å². The number of hydrogen-bond donors (Lipinski definition) is 3. The van der Waals surface area contributed by atoms with Crippen LogP contribution in [0.1, 0.15) is 23.7 Å². The number of nitrogens with zero attached hydrogens (tertiary/aromatic N) is 2. The van der Waals surface area contributed by atoms with Crippen LogP contribution in [0.2, 0.25) is 0 Å². The first-order valence-corrected chi connectivity index (χ1v) is 8.70. The largest absolute Gasteiger partial charge is 0.390 e. The first-order chi connectivity index (χ1) is 12.1. The zero-order valence-electron chi connectivity index (χ0n) is 14.2. The third kappa shape index (κ3) is 2.95. The monoisotopic (exact) mass is 337 g/mol. The lowest BCUT2D eigenvalue weighted by Gasteiger charge is -2.23. The second kappa shape index (κ2) is 6.59. The van der Waals surface area contributed by atoms with Crippen molar-refractivity contribution in [3.8, 4) is 0 Å². The van der Waals surface area contributed by atoms with Crippen LogP contribution < -0.4 is 5.32 Å². The summed E-state index contributed by atoms with van der Waals surface area (Å²) in [5.74, 6) is 1.00. The van der Waals surface area contributed by atoms with E-state index in [1.807, 2.05) is 49.5 Å². The van der Waals surface area contributed by atoms with Gasteiger partial charge in [0.05, 0.1) is 29.8 Å². The standard InChI is InChI=1S/C20H23N3O2/c1-23-16-10-6-5-9-15(16)22-18(23)12-21-19-14(11-17(24)20(19)25)13-7-3-2-4-8-13/h2-10,14,17,19-21,24-25H,11-12H2,1H3. The summed E-state index contributed by atoms with van der Waals surface area (Å²) < 4.78 is 2.07. The molecule has 1 saturated carbocycles. The molecule has 4 atom stereocenters. The summed E-state index contributed by atoms with van der Waals surface area (Å²) in [5.41, 5.74) is 3.19. The van der Waals surface area contributed by atoms with Gasteiger partial charge in [-0.3, -0.25) is 0 Å². The summed E-state index contributed by atoms with van der Waals surface area (Å²) in [5, 5.41) is 24.0. The highest BCUT2D eigenvalue weighted by atomic mass is 16.3. The molecule has 1 aromatic heterocycles. The lowest BCUT2D eigenvalue weighted by molar-refractivity contribution is 0.0296. The summed E-state index contributed by atoms with van der Waals surface area (Å²) >= 11 is 0. The zero-order valence-corrected chi connectivity index (χ0v) is 14.2. The van der Waals surface area contributed by atoms with Gasteiger partial charge in [0.15, 0.2) is 0 Å². The van der Waals surface area contributed by atoms with Crippen LogP contribution in [-0.4, -0.2) is 38.0 Å². The van der Waals surface area contributed by atoms with Crippen LogP contribution in [0.5, 0.6) is 0 Å². The van der Waals surface area contributed by atoms with Crippen LogP contribution in [0.4, 0.5) is 0 Å². The van der Waals surface area contributed by atoms with E-state index in [4.69, 9.17) is 0 Å². The van der Waals surface area contributed by atoms with Gasteiger partial charge in [-0.1, -0.05) is 42.5 Å². The van der Waals surface area contributed by atoms with E-state index in [-0.39, 0.29) is 12.0 Å². The van der Waals surface area contributed by atoms with Crippen LogP contribution in [-0.2, 0) is 13.6 Å². The van der Waals surface area contributed by atoms with Crippen molar-refractivity contribution in [3.05, 3.63) is 66.0 Å². The Kier molecular flexibility index (Phi) is 4.29. The number of hydrogen-bond acceptors (Lipinski definition) is 4. The van der Waals surface area contributed by atoms with Crippen molar-refractivity contribution in [1.29, 1.82) is 0 Å². The molecule has 0 spiro atoms.